The van der Waals surface area contributed by atoms with Gasteiger partial charge in [-0.05, 0) is 6.42 Å². The molecule has 0 amide bonds. The first kappa shape index (κ1) is 8.10. The number of imidazole rings is 1. The third-order valence-corrected chi connectivity index (χ3v) is 1.78. The molecule has 0 radical (unpaired) electrons. The largest absolute Gasteiger partial charge is 0.298 e. The fourth-order valence-corrected chi connectivity index (χ4v) is 1.15. The number of hydrogen-bond donors (Lipinski definition) is 0. The average Bonchev–Trinajstić information content (AvgIpc) is 2.47. The zero-order valence-corrected chi connectivity index (χ0v) is 6.96. The summed E-state index contributed by atoms with van der Waals surface area (Å²) in [5.74, 6) is -1.72. The van der Waals surface area contributed by atoms with Crippen LogP contribution in [0.25, 0.3) is 5.65 Å². The molecule has 0 saturated carbocycles. The Kier molecular flexibility index (Phi) is 1.72. The number of rotatable bonds is 1. The van der Waals surface area contributed by atoms with E-state index in [9.17, 15) is 8.78 Å². The summed E-state index contributed by atoms with van der Waals surface area (Å²) in [6.45, 7) is 1.89. The van der Waals surface area contributed by atoms with Gasteiger partial charge in [-0.25, -0.2) is 4.98 Å². The SMILES string of the molecule is CCc1cn2cc(F)nc(F)c2n1. The summed E-state index contributed by atoms with van der Waals surface area (Å²) < 4.78 is 26.9. The van der Waals surface area contributed by atoms with E-state index < -0.39 is 11.9 Å². The lowest BCUT2D eigenvalue weighted by Gasteiger charge is -1.92. The maximum absolute atomic E-state index is 13.0. The lowest BCUT2D eigenvalue weighted by Crippen LogP contribution is -1.95. The first-order valence-corrected chi connectivity index (χ1v) is 3.90. The summed E-state index contributed by atoms with van der Waals surface area (Å²) in [5, 5.41) is 0. The van der Waals surface area contributed by atoms with E-state index in [2.05, 4.69) is 9.97 Å². The number of fused-ring (bicyclic) bond motifs is 1. The summed E-state index contributed by atoms with van der Waals surface area (Å²) in [4.78, 5) is 6.96. The Morgan fingerprint density at radius 1 is 1.31 bits per heavy atom. The van der Waals surface area contributed by atoms with Crippen LogP contribution in [0.5, 0.6) is 0 Å². The molecular weight excluding hydrogens is 176 g/mol. The molecule has 2 heterocycles. The van der Waals surface area contributed by atoms with Crippen molar-refractivity contribution in [2.24, 2.45) is 0 Å². The second kappa shape index (κ2) is 2.76. The van der Waals surface area contributed by atoms with Crippen LogP contribution in [0, 0.1) is 11.9 Å². The molecular formula is C8H7F2N3. The third-order valence-electron chi connectivity index (χ3n) is 1.78. The highest BCUT2D eigenvalue weighted by Crippen LogP contribution is 2.08. The van der Waals surface area contributed by atoms with E-state index in [1.807, 2.05) is 6.92 Å². The van der Waals surface area contributed by atoms with Crippen LogP contribution in [0.2, 0.25) is 0 Å². The summed E-state index contributed by atoms with van der Waals surface area (Å²) in [6, 6.07) is 0. The smallest absolute Gasteiger partial charge is 0.259 e. The molecule has 68 valence electrons. The molecule has 0 bridgehead atoms. The van der Waals surface area contributed by atoms with Crippen molar-refractivity contribution in [3.63, 3.8) is 0 Å². The van der Waals surface area contributed by atoms with Crippen LogP contribution in [-0.4, -0.2) is 14.4 Å². The van der Waals surface area contributed by atoms with Gasteiger partial charge >= 0.3 is 0 Å². The van der Waals surface area contributed by atoms with Crippen molar-refractivity contribution in [3.8, 4) is 0 Å². The lowest BCUT2D eigenvalue weighted by atomic mass is 10.4. The van der Waals surface area contributed by atoms with Gasteiger partial charge in [0.25, 0.3) is 5.95 Å². The van der Waals surface area contributed by atoms with Crippen molar-refractivity contribution >= 4 is 5.65 Å². The predicted octanol–water partition coefficient (Wildman–Crippen LogP) is 1.57. The Labute approximate surface area is 73.0 Å². The first-order valence-electron chi connectivity index (χ1n) is 3.90. The van der Waals surface area contributed by atoms with Crippen molar-refractivity contribution in [3.05, 3.63) is 30.0 Å². The highest BCUT2D eigenvalue weighted by atomic mass is 19.1. The quantitative estimate of drug-likeness (QED) is 0.671. The third kappa shape index (κ3) is 1.26. The van der Waals surface area contributed by atoms with Gasteiger partial charge in [-0.1, -0.05) is 6.92 Å². The van der Waals surface area contributed by atoms with Crippen LogP contribution in [0.1, 0.15) is 12.6 Å². The Bertz CT molecular complexity index is 450. The maximum atomic E-state index is 13.0. The van der Waals surface area contributed by atoms with Crippen LogP contribution < -0.4 is 0 Å². The minimum absolute atomic E-state index is 0.0678. The molecule has 2 aromatic rings. The topological polar surface area (TPSA) is 30.2 Å². The van der Waals surface area contributed by atoms with Crippen molar-refractivity contribution in [1.82, 2.24) is 14.4 Å². The fraction of sp³-hybridized carbons (Fsp3) is 0.250. The van der Waals surface area contributed by atoms with Gasteiger partial charge in [0.2, 0.25) is 5.95 Å². The van der Waals surface area contributed by atoms with Crippen molar-refractivity contribution in [2.45, 2.75) is 13.3 Å². The number of hydrogen-bond acceptors (Lipinski definition) is 2. The molecule has 0 spiro atoms. The Morgan fingerprint density at radius 2 is 2.08 bits per heavy atom. The number of aromatic nitrogens is 3. The normalized spacial score (nSPS) is 11.0. The zero-order chi connectivity index (χ0) is 9.42. The highest BCUT2D eigenvalue weighted by Gasteiger charge is 2.08. The van der Waals surface area contributed by atoms with Gasteiger partial charge in [0.1, 0.15) is 0 Å². The summed E-state index contributed by atoms with van der Waals surface area (Å²) in [6.07, 6.45) is 3.37. The van der Waals surface area contributed by atoms with E-state index in [1.54, 1.807) is 6.20 Å². The van der Waals surface area contributed by atoms with Crippen molar-refractivity contribution in [1.29, 1.82) is 0 Å². The molecule has 5 heteroatoms. The van der Waals surface area contributed by atoms with Crippen molar-refractivity contribution < 1.29 is 8.78 Å². The molecule has 0 aromatic carbocycles. The Hall–Kier alpha value is -1.52. The summed E-state index contributed by atoms with van der Waals surface area (Å²) >= 11 is 0. The van der Waals surface area contributed by atoms with Crippen LogP contribution in [0.3, 0.4) is 0 Å². The average molecular weight is 183 g/mol. The minimum atomic E-state index is -0.875. The number of halogens is 2. The zero-order valence-electron chi connectivity index (χ0n) is 6.96. The van der Waals surface area contributed by atoms with Gasteiger partial charge in [0.15, 0.2) is 5.65 Å². The molecule has 0 aliphatic carbocycles. The van der Waals surface area contributed by atoms with E-state index in [-0.39, 0.29) is 5.65 Å². The Balaban J connectivity index is 2.75. The standard InChI is InChI=1S/C8H7F2N3/c1-2-5-3-13-4-6(9)12-7(10)8(13)11-5/h3-4H,2H2,1H3. The Morgan fingerprint density at radius 3 is 2.77 bits per heavy atom. The molecule has 2 aromatic heterocycles. The van der Waals surface area contributed by atoms with Crippen LogP contribution in [0.15, 0.2) is 12.4 Å². The minimum Gasteiger partial charge on any atom is -0.298 e. The molecule has 0 N–H and O–H groups in total. The van der Waals surface area contributed by atoms with Crippen LogP contribution in [0.4, 0.5) is 8.78 Å². The first-order chi connectivity index (χ1) is 6.20. The molecule has 2 rings (SSSR count). The molecule has 0 aliphatic heterocycles. The summed E-state index contributed by atoms with van der Waals surface area (Å²) in [7, 11) is 0. The predicted molar refractivity (Wildman–Crippen MR) is 42.3 cm³/mol. The monoisotopic (exact) mass is 183 g/mol. The molecule has 0 aliphatic rings. The maximum Gasteiger partial charge on any atom is 0.259 e. The van der Waals surface area contributed by atoms with Gasteiger partial charge in [-0.3, -0.25) is 4.40 Å². The highest BCUT2D eigenvalue weighted by molar-refractivity contribution is 5.38. The lowest BCUT2D eigenvalue weighted by molar-refractivity contribution is 0.507. The molecule has 0 saturated heterocycles. The van der Waals surface area contributed by atoms with Gasteiger partial charge in [0.05, 0.1) is 11.9 Å². The van der Waals surface area contributed by atoms with E-state index in [1.165, 1.54) is 4.40 Å². The molecule has 0 unspecified atom stereocenters. The van der Waals surface area contributed by atoms with Gasteiger partial charge in [-0.15, -0.1) is 0 Å². The van der Waals surface area contributed by atoms with Gasteiger partial charge < -0.3 is 0 Å². The van der Waals surface area contributed by atoms with Gasteiger partial charge in [-0.2, -0.15) is 13.8 Å². The molecule has 0 atom stereocenters. The van der Waals surface area contributed by atoms with Crippen LogP contribution >= 0.6 is 0 Å². The molecule has 13 heavy (non-hydrogen) atoms. The van der Waals surface area contributed by atoms with Crippen molar-refractivity contribution in [2.75, 3.05) is 0 Å². The molecule has 0 fully saturated rings. The second-order valence-electron chi connectivity index (χ2n) is 2.67. The summed E-state index contributed by atoms with van der Waals surface area (Å²) in [5.41, 5.74) is 0.782. The van der Waals surface area contributed by atoms with Crippen LogP contribution in [-0.2, 0) is 6.42 Å². The number of aryl methyl sites for hydroxylation is 1. The number of nitrogens with zero attached hydrogens (tertiary/aromatic N) is 3. The van der Waals surface area contributed by atoms with E-state index in [0.29, 0.717) is 12.1 Å². The fourth-order valence-electron chi connectivity index (χ4n) is 1.15. The second-order valence-corrected chi connectivity index (χ2v) is 2.67. The van der Waals surface area contributed by atoms with Gasteiger partial charge in [0, 0.05) is 6.20 Å². The van der Waals surface area contributed by atoms with E-state index in [0.717, 1.165) is 6.20 Å². The molecule has 3 nitrogen and oxygen atoms in total. The van der Waals surface area contributed by atoms with E-state index in [4.69, 9.17) is 0 Å². The van der Waals surface area contributed by atoms with E-state index >= 15 is 0 Å².